The first-order valence-electron chi connectivity index (χ1n) is 3.76. The van der Waals surface area contributed by atoms with Crippen LogP contribution in [0.25, 0.3) is 0 Å². The van der Waals surface area contributed by atoms with Gasteiger partial charge in [0.2, 0.25) is 10.7 Å². The fourth-order valence-corrected chi connectivity index (χ4v) is 5.95. The van der Waals surface area contributed by atoms with Gasteiger partial charge in [-0.1, -0.05) is 0 Å². The van der Waals surface area contributed by atoms with E-state index in [0.29, 0.717) is 0 Å². The zero-order valence-corrected chi connectivity index (χ0v) is 10.9. The van der Waals surface area contributed by atoms with E-state index in [1.54, 1.807) is 0 Å². The highest BCUT2D eigenvalue weighted by atomic mass is 32.3. The molecule has 5 nitrogen and oxygen atoms in total. The molecule has 0 fully saturated rings. The molecule has 0 amide bonds. The van der Waals surface area contributed by atoms with Crippen molar-refractivity contribution in [1.82, 2.24) is 0 Å². The van der Waals surface area contributed by atoms with Crippen molar-refractivity contribution in [3.63, 3.8) is 0 Å². The standard InChI is InChI=1S/C5H8F4O5S3/c1-4(6,7)15(10)3(16(11)12)17(13,14)5(2,8)9/h3,16H,1-2H3. The largest absolute Gasteiger partial charge is 0.610 e. The van der Waals surface area contributed by atoms with Crippen LogP contribution in [0.1, 0.15) is 13.8 Å². The lowest BCUT2D eigenvalue weighted by molar-refractivity contribution is 0.110. The maximum absolute atomic E-state index is 12.6. The van der Waals surface area contributed by atoms with Crippen LogP contribution in [-0.4, -0.2) is 35.8 Å². The Labute approximate surface area is 99.2 Å². The molecule has 0 aromatic rings. The predicted molar refractivity (Wildman–Crippen MR) is 52.4 cm³/mol. The Kier molecular flexibility index (Phi) is 4.88. The van der Waals surface area contributed by atoms with Gasteiger partial charge >= 0.3 is 14.4 Å². The number of halogens is 4. The number of hydrogen-bond donors (Lipinski definition) is 1. The molecule has 0 bridgehead atoms. The van der Waals surface area contributed by atoms with Gasteiger partial charge in [-0.3, -0.25) is 0 Å². The van der Waals surface area contributed by atoms with Crippen LogP contribution in [0.15, 0.2) is 0 Å². The Balaban J connectivity index is 5.76. The van der Waals surface area contributed by atoms with Crippen molar-refractivity contribution in [2.24, 2.45) is 0 Å². The van der Waals surface area contributed by atoms with Gasteiger partial charge in [-0.05, 0) is 0 Å². The van der Waals surface area contributed by atoms with E-state index in [9.17, 15) is 39.0 Å². The van der Waals surface area contributed by atoms with Gasteiger partial charge in [0.05, 0.1) is 18.1 Å². The Morgan fingerprint density at radius 2 is 1.53 bits per heavy atom. The summed E-state index contributed by atoms with van der Waals surface area (Å²) in [4.78, 5) is 0. The zero-order chi connectivity index (χ0) is 14.2. The molecule has 0 heterocycles. The third-order valence-corrected chi connectivity index (χ3v) is 8.15. The Morgan fingerprint density at radius 3 is 1.71 bits per heavy atom. The maximum Gasteiger partial charge on any atom is 0.405 e. The molecule has 2 atom stereocenters. The van der Waals surface area contributed by atoms with Crippen molar-refractivity contribution in [2.45, 2.75) is 28.3 Å². The van der Waals surface area contributed by atoms with Crippen LogP contribution in [0, 0.1) is 0 Å². The lowest BCUT2D eigenvalue weighted by Gasteiger charge is -2.23. The van der Waals surface area contributed by atoms with E-state index >= 15 is 0 Å². The summed E-state index contributed by atoms with van der Waals surface area (Å²) in [5, 5.41) is -8.83. The smallest absolute Gasteiger partial charge is 0.405 e. The highest BCUT2D eigenvalue weighted by Crippen LogP contribution is 2.34. The summed E-state index contributed by atoms with van der Waals surface area (Å²) in [7, 11) is -10.1. The van der Waals surface area contributed by atoms with Crippen molar-refractivity contribution in [1.29, 1.82) is 0 Å². The van der Waals surface area contributed by atoms with Gasteiger partial charge in [-0.2, -0.15) is 17.6 Å². The summed E-state index contributed by atoms with van der Waals surface area (Å²) < 4.78 is 101. The molecular formula is C5H8F4O5S3. The number of thiol groups is 1. The van der Waals surface area contributed by atoms with Gasteiger partial charge in [-0.25, -0.2) is 16.8 Å². The average molecular weight is 320 g/mol. The minimum atomic E-state index is -5.83. The highest BCUT2D eigenvalue weighted by molar-refractivity contribution is 8.20. The molecule has 0 radical (unpaired) electrons. The second kappa shape index (κ2) is 4.90. The normalized spacial score (nSPS) is 18.1. The van der Waals surface area contributed by atoms with Crippen LogP contribution in [0.3, 0.4) is 0 Å². The van der Waals surface area contributed by atoms with E-state index in [1.165, 1.54) is 0 Å². The van der Waals surface area contributed by atoms with Crippen LogP contribution < -0.4 is 0 Å². The minimum absolute atomic E-state index is 0.0295. The highest BCUT2D eigenvalue weighted by Gasteiger charge is 2.59. The number of hydrogen-bond acceptors (Lipinski definition) is 5. The van der Waals surface area contributed by atoms with Crippen molar-refractivity contribution >= 4 is 31.7 Å². The van der Waals surface area contributed by atoms with Gasteiger partial charge < -0.3 is 4.55 Å². The van der Waals surface area contributed by atoms with Crippen LogP contribution in [0.4, 0.5) is 17.6 Å². The molecule has 0 saturated carbocycles. The molecule has 0 aromatic heterocycles. The predicted octanol–water partition coefficient (Wildman–Crippen LogP) is 0.270. The van der Waals surface area contributed by atoms with Crippen LogP contribution in [-0.2, 0) is 31.7 Å². The van der Waals surface area contributed by atoms with Crippen LogP contribution >= 0.6 is 0 Å². The average Bonchev–Trinajstić information content (AvgIpc) is 1.98. The van der Waals surface area contributed by atoms with Gasteiger partial charge in [0.15, 0.2) is 0 Å². The second-order valence-electron chi connectivity index (χ2n) is 3.05. The second-order valence-corrected chi connectivity index (χ2v) is 9.20. The van der Waals surface area contributed by atoms with Crippen molar-refractivity contribution < 1.29 is 39.0 Å². The van der Waals surface area contributed by atoms with E-state index < -0.39 is 46.1 Å². The summed E-state index contributed by atoms with van der Waals surface area (Å²) in [6, 6.07) is 0. The van der Waals surface area contributed by atoms with Crippen molar-refractivity contribution in [3.8, 4) is 0 Å². The maximum atomic E-state index is 12.6. The van der Waals surface area contributed by atoms with E-state index in [4.69, 9.17) is 0 Å². The molecule has 12 heteroatoms. The Hall–Kier alpha value is -0.0700. The topological polar surface area (TPSA) is 91.3 Å². The third kappa shape index (κ3) is 3.69. The molecule has 2 unspecified atom stereocenters. The van der Waals surface area contributed by atoms with Crippen LogP contribution in [0.2, 0.25) is 0 Å². The lowest BCUT2D eigenvalue weighted by atomic mass is 10.9. The summed E-state index contributed by atoms with van der Waals surface area (Å²) in [6.07, 6.45) is 0. The summed E-state index contributed by atoms with van der Waals surface area (Å²) >= 11 is -3.82. The van der Waals surface area contributed by atoms with Crippen LogP contribution in [0.5, 0.6) is 0 Å². The molecule has 0 aliphatic rings. The van der Waals surface area contributed by atoms with E-state index in [-0.39, 0.29) is 13.8 Å². The Bertz CT molecular complexity index is 437. The fourth-order valence-electron chi connectivity index (χ4n) is 0.661. The third-order valence-electron chi connectivity index (χ3n) is 1.47. The molecule has 0 rings (SSSR count). The SMILES string of the molecule is CC(F)(F)[S+]([O-])C([SH](=O)=O)S(=O)(=O)C(C)(F)F. The summed E-state index contributed by atoms with van der Waals surface area (Å²) in [6.45, 7) is -0.211. The van der Waals surface area contributed by atoms with Crippen molar-refractivity contribution in [2.75, 3.05) is 0 Å². The Morgan fingerprint density at radius 1 is 1.18 bits per heavy atom. The van der Waals surface area contributed by atoms with Gasteiger partial charge in [0.25, 0.3) is 9.84 Å². The van der Waals surface area contributed by atoms with E-state index in [0.717, 1.165) is 0 Å². The first-order valence-corrected chi connectivity index (χ1v) is 7.76. The molecule has 104 valence electrons. The summed E-state index contributed by atoms with van der Waals surface area (Å²) in [5.41, 5.74) is 0. The van der Waals surface area contributed by atoms with Gasteiger partial charge in [-0.15, -0.1) is 0 Å². The molecule has 0 aromatic carbocycles. The first-order chi connectivity index (χ1) is 7.23. The molecule has 0 N–H and O–H groups in total. The molecule has 0 saturated heterocycles. The zero-order valence-electron chi connectivity index (χ0n) is 8.39. The molecule has 0 aliphatic carbocycles. The molecule has 17 heavy (non-hydrogen) atoms. The van der Waals surface area contributed by atoms with E-state index in [2.05, 4.69) is 0 Å². The van der Waals surface area contributed by atoms with E-state index in [1.807, 2.05) is 0 Å². The quantitative estimate of drug-likeness (QED) is 0.446. The minimum Gasteiger partial charge on any atom is -0.610 e. The van der Waals surface area contributed by atoms with Gasteiger partial charge in [0.1, 0.15) is 0 Å². The molecular weight excluding hydrogens is 312 g/mol. The van der Waals surface area contributed by atoms with Gasteiger partial charge in [0, 0.05) is 6.92 Å². The number of alkyl halides is 4. The molecule has 0 spiro atoms. The summed E-state index contributed by atoms with van der Waals surface area (Å²) in [5.74, 6) is 0. The van der Waals surface area contributed by atoms with Crippen molar-refractivity contribution in [3.05, 3.63) is 0 Å². The monoisotopic (exact) mass is 320 g/mol. The first kappa shape index (κ1) is 16.9. The number of rotatable bonds is 5. The lowest BCUT2D eigenvalue weighted by Crippen LogP contribution is -2.46. The number of sulfone groups is 1. The fraction of sp³-hybridized carbons (Fsp3) is 1.00. The molecule has 0 aliphatic heterocycles.